The fraction of sp³-hybridized carbons (Fsp3) is 0.364. The van der Waals surface area contributed by atoms with Crippen LogP contribution in [0.1, 0.15) is 30.3 Å². The number of rotatable bonds is 4. The van der Waals surface area contributed by atoms with Crippen molar-refractivity contribution in [2.45, 2.75) is 19.8 Å². The summed E-state index contributed by atoms with van der Waals surface area (Å²) >= 11 is 0. The molecule has 0 aliphatic heterocycles. The molecule has 1 aromatic heterocycles. The van der Waals surface area contributed by atoms with Gasteiger partial charge in [0.15, 0.2) is 11.5 Å². The van der Waals surface area contributed by atoms with Gasteiger partial charge in [0.25, 0.3) is 6.43 Å². The fourth-order valence-corrected chi connectivity index (χ4v) is 1.29. The lowest BCUT2D eigenvalue weighted by Crippen LogP contribution is -2.11. The molecule has 0 aliphatic rings. The van der Waals surface area contributed by atoms with E-state index in [0.717, 1.165) is 6.07 Å². The van der Waals surface area contributed by atoms with Gasteiger partial charge in [0.2, 0.25) is 0 Å². The van der Waals surface area contributed by atoms with Crippen LogP contribution >= 0.6 is 0 Å². The predicted octanol–water partition coefficient (Wildman–Crippen LogP) is 2.14. The summed E-state index contributed by atoms with van der Waals surface area (Å²) in [7, 11) is 0. The van der Waals surface area contributed by atoms with Crippen LogP contribution in [-0.4, -0.2) is 17.6 Å². The van der Waals surface area contributed by atoms with Crippen LogP contribution < -0.4 is 0 Å². The van der Waals surface area contributed by atoms with Gasteiger partial charge in [0, 0.05) is 5.56 Å². The molecule has 0 spiro atoms. The van der Waals surface area contributed by atoms with Crippen molar-refractivity contribution in [2.24, 2.45) is 0 Å². The Kier molecular flexibility index (Phi) is 4.66. The minimum Gasteiger partial charge on any atom is -0.466 e. The molecule has 0 amide bonds. The van der Waals surface area contributed by atoms with Crippen LogP contribution in [0.3, 0.4) is 0 Å². The molecule has 7 heteroatoms. The van der Waals surface area contributed by atoms with Gasteiger partial charge < -0.3 is 4.74 Å². The van der Waals surface area contributed by atoms with E-state index in [9.17, 15) is 18.0 Å². The van der Waals surface area contributed by atoms with Gasteiger partial charge in [-0.2, -0.15) is 5.26 Å². The van der Waals surface area contributed by atoms with Crippen LogP contribution in [0.25, 0.3) is 0 Å². The Balaban J connectivity index is 3.14. The lowest BCUT2D eigenvalue weighted by Gasteiger charge is -2.07. The number of carbonyl (C=O) groups excluding carboxylic acids is 1. The van der Waals surface area contributed by atoms with Gasteiger partial charge >= 0.3 is 5.97 Å². The highest BCUT2D eigenvalue weighted by molar-refractivity contribution is 5.72. The number of halogens is 3. The van der Waals surface area contributed by atoms with E-state index in [-0.39, 0.29) is 12.2 Å². The second kappa shape index (κ2) is 6.00. The second-order valence-corrected chi connectivity index (χ2v) is 3.26. The molecule has 1 heterocycles. The Bertz CT molecular complexity index is 498. The van der Waals surface area contributed by atoms with Gasteiger partial charge in [-0.05, 0) is 13.0 Å². The topological polar surface area (TPSA) is 63.0 Å². The Hall–Kier alpha value is -2.10. The summed E-state index contributed by atoms with van der Waals surface area (Å²) in [6.07, 6.45) is -3.46. The molecule has 0 aromatic carbocycles. The zero-order chi connectivity index (χ0) is 13.7. The quantitative estimate of drug-likeness (QED) is 0.776. The van der Waals surface area contributed by atoms with Crippen LogP contribution in [0.4, 0.5) is 13.2 Å². The molecular weight excluding hydrogens is 249 g/mol. The molecule has 0 N–H and O–H groups in total. The van der Waals surface area contributed by atoms with E-state index >= 15 is 0 Å². The van der Waals surface area contributed by atoms with Crippen LogP contribution in [0.15, 0.2) is 6.07 Å². The summed E-state index contributed by atoms with van der Waals surface area (Å²) in [5.74, 6) is -1.83. The highest BCUT2D eigenvalue weighted by atomic mass is 19.3. The molecule has 4 nitrogen and oxygen atoms in total. The Labute approximate surface area is 101 Å². The average Bonchev–Trinajstić information content (AvgIpc) is 2.31. The molecule has 1 aromatic rings. The number of hydrogen-bond acceptors (Lipinski definition) is 4. The Morgan fingerprint density at radius 3 is 2.78 bits per heavy atom. The Morgan fingerprint density at radius 2 is 2.28 bits per heavy atom. The number of nitriles is 1. The number of esters is 1. The van der Waals surface area contributed by atoms with Crippen molar-refractivity contribution in [3.63, 3.8) is 0 Å². The fourth-order valence-electron chi connectivity index (χ4n) is 1.29. The largest absolute Gasteiger partial charge is 0.466 e. The zero-order valence-corrected chi connectivity index (χ0v) is 9.41. The van der Waals surface area contributed by atoms with E-state index in [4.69, 9.17) is 5.26 Å². The van der Waals surface area contributed by atoms with E-state index < -0.39 is 36.0 Å². The van der Waals surface area contributed by atoms with Crippen molar-refractivity contribution >= 4 is 5.97 Å². The van der Waals surface area contributed by atoms with E-state index in [0.29, 0.717) is 0 Å². The van der Waals surface area contributed by atoms with Gasteiger partial charge in [-0.1, -0.05) is 0 Å². The maximum atomic E-state index is 13.6. The van der Waals surface area contributed by atoms with Gasteiger partial charge in [-0.25, -0.2) is 18.2 Å². The number of hydrogen-bond donors (Lipinski definition) is 0. The number of alkyl halides is 2. The molecule has 18 heavy (non-hydrogen) atoms. The molecule has 0 unspecified atom stereocenters. The number of nitrogens with zero attached hydrogens (tertiary/aromatic N) is 2. The van der Waals surface area contributed by atoms with Gasteiger partial charge in [0.1, 0.15) is 11.8 Å². The van der Waals surface area contributed by atoms with Crippen molar-refractivity contribution in [2.75, 3.05) is 6.61 Å². The van der Waals surface area contributed by atoms with E-state index in [2.05, 4.69) is 9.72 Å². The molecule has 0 radical (unpaired) electrons. The summed E-state index contributed by atoms with van der Waals surface area (Å²) in [5.41, 5.74) is -1.82. The third-order valence-electron chi connectivity index (χ3n) is 2.02. The van der Waals surface area contributed by atoms with E-state index in [1.54, 1.807) is 6.92 Å². The molecule has 96 valence electrons. The first-order chi connectivity index (χ1) is 8.49. The molecule has 0 saturated carbocycles. The first-order valence-electron chi connectivity index (χ1n) is 5.02. The van der Waals surface area contributed by atoms with Crippen molar-refractivity contribution < 1.29 is 22.7 Å². The highest BCUT2D eigenvalue weighted by Gasteiger charge is 2.19. The maximum absolute atomic E-state index is 13.6. The molecule has 0 atom stereocenters. The normalized spacial score (nSPS) is 10.2. The third-order valence-corrected chi connectivity index (χ3v) is 2.02. The summed E-state index contributed by atoms with van der Waals surface area (Å²) in [5, 5.41) is 8.57. The minimum atomic E-state index is -2.95. The first kappa shape index (κ1) is 14.0. The van der Waals surface area contributed by atoms with Gasteiger partial charge in [0.05, 0.1) is 13.0 Å². The van der Waals surface area contributed by atoms with Crippen molar-refractivity contribution in [3.8, 4) is 6.07 Å². The molecule has 0 aliphatic carbocycles. The van der Waals surface area contributed by atoms with Crippen molar-refractivity contribution in [1.29, 1.82) is 5.26 Å². The van der Waals surface area contributed by atoms with Crippen LogP contribution in [0.2, 0.25) is 0 Å². The lowest BCUT2D eigenvalue weighted by atomic mass is 10.1. The number of aromatic nitrogens is 1. The summed E-state index contributed by atoms with van der Waals surface area (Å²) in [6, 6.07) is 2.13. The van der Waals surface area contributed by atoms with Crippen molar-refractivity contribution in [3.05, 3.63) is 28.8 Å². The van der Waals surface area contributed by atoms with Crippen LogP contribution in [-0.2, 0) is 16.0 Å². The SMILES string of the molecule is CCOC(=O)Cc1cc(C(F)F)nc(C#N)c1F. The number of pyridine rings is 1. The maximum Gasteiger partial charge on any atom is 0.310 e. The van der Waals surface area contributed by atoms with Crippen LogP contribution in [0, 0.1) is 17.1 Å². The molecular formula is C11H9F3N2O2. The van der Waals surface area contributed by atoms with Gasteiger partial charge in [-0.3, -0.25) is 4.79 Å². The third kappa shape index (κ3) is 3.20. The minimum absolute atomic E-state index is 0.0956. The zero-order valence-electron chi connectivity index (χ0n) is 9.41. The monoisotopic (exact) mass is 258 g/mol. The second-order valence-electron chi connectivity index (χ2n) is 3.26. The molecule has 0 fully saturated rings. The van der Waals surface area contributed by atoms with Gasteiger partial charge in [-0.15, -0.1) is 0 Å². The number of ether oxygens (including phenoxy) is 1. The van der Waals surface area contributed by atoms with E-state index in [1.807, 2.05) is 0 Å². The molecule has 0 bridgehead atoms. The highest BCUT2D eigenvalue weighted by Crippen LogP contribution is 2.21. The molecule has 1 rings (SSSR count). The number of carbonyl (C=O) groups is 1. The Morgan fingerprint density at radius 1 is 1.61 bits per heavy atom. The first-order valence-corrected chi connectivity index (χ1v) is 5.02. The standard InChI is InChI=1S/C11H9F3N2O2/c1-2-18-9(17)4-6-3-7(11(13)14)16-8(5-15)10(6)12/h3,11H,2,4H2,1H3. The summed E-state index contributed by atoms with van der Waals surface area (Å²) < 4.78 is 43.1. The summed E-state index contributed by atoms with van der Waals surface area (Å²) in [4.78, 5) is 14.3. The molecule has 0 saturated heterocycles. The van der Waals surface area contributed by atoms with Crippen LogP contribution in [0.5, 0.6) is 0 Å². The smallest absolute Gasteiger partial charge is 0.310 e. The average molecular weight is 258 g/mol. The summed E-state index contributed by atoms with van der Waals surface area (Å²) in [6.45, 7) is 1.66. The van der Waals surface area contributed by atoms with Crippen molar-refractivity contribution in [1.82, 2.24) is 4.98 Å². The predicted molar refractivity (Wildman–Crippen MR) is 54.2 cm³/mol. The van der Waals surface area contributed by atoms with E-state index in [1.165, 1.54) is 6.07 Å². The lowest BCUT2D eigenvalue weighted by molar-refractivity contribution is -0.142.